The van der Waals surface area contributed by atoms with Crippen LogP contribution in [0.25, 0.3) is 0 Å². The molecule has 0 radical (unpaired) electrons. The summed E-state index contributed by atoms with van der Waals surface area (Å²) >= 11 is 2.13. The molecule has 2 heterocycles. The molecule has 4 heteroatoms. The van der Waals surface area contributed by atoms with Gasteiger partial charge in [0, 0.05) is 37.2 Å². The Hall–Kier alpha value is 0.230. The molecule has 16 heavy (non-hydrogen) atoms. The van der Waals surface area contributed by atoms with Crippen molar-refractivity contribution in [3.63, 3.8) is 0 Å². The predicted octanol–water partition coefficient (Wildman–Crippen LogP) is 1.32. The van der Waals surface area contributed by atoms with Gasteiger partial charge in [0.05, 0.1) is 12.2 Å². The van der Waals surface area contributed by atoms with E-state index in [9.17, 15) is 0 Å². The number of nitrogens with two attached hydrogens (primary N) is 1. The van der Waals surface area contributed by atoms with Crippen LogP contribution < -0.4 is 5.73 Å². The zero-order chi connectivity index (χ0) is 11.4. The van der Waals surface area contributed by atoms with Crippen LogP contribution in [0.1, 0.15) is 26.2 Å². The third-order valence-electron chi connectivity index (χ3n) is 3.60. The van der Waals surface area contributed by atoms with E-state index in [1.807, 2.05) is 0 Å². The molecule has 3 unspecified atom stereocenters. The van der Waals surface area contributed by atoms with Crippen molar-refractivity contribution in [2.75, 3.05) is 31.9 Å². The van der Waals surface area contributed by atoms with Gasteiger partial charge in [-0.25, -0.2) is 0 Å². The lowest BCUT2D eigenvalue weighted by molar-refractivity contribution is 0.0277. The molecule has 2 saturated heterocycles. The summed E-state index contributed by atoms with van der Waals surface area (Å²) in [7, 11) is 0. The SMILES string of the molecule is CCC1CN(CC2CCC(CN)O2)CCS1. The van der Waals surface area contributed by atoms with Crippen molar-refractivity contribution in [1.29, 1.82) is 0 Å². The lowest BCUT2D eigenvalue weighted by Gasteiger charge is -2.33. The highest BCUT2D eigenvalue weighted by atomic mass is 32.2. The summed E-state index contributed by atoms with van der Waals surface area (Å²) < 4.78 is 5.91. The molecule has 94 valence electrons. The van der Waals surface area contributed by atoms with Crippen molar-refractivity contribution in [1.82, 2.24) is 4.90 Å². The second-order valence-electron chi connectivity index (χ2n) is 4.85. The Morgan fingerprint density at radius 3 is 2.88 bits per heavy atom. The summed E-state index contributed by atoms with van der Waals surface area (Å²) in [6.45, 7) is 6.57. The van der Waals surface area contributed by atoms with E-state index in [2.05, 4.69) is 23.6 Å². The van der Waals surface area contributed by atoms with Crippen LogP contribution in [0.4, 0.5) is 0 Å². The van der Waals surface area contributed by atoms with Gasteiger partial charge in [-0.05, 0) is 19.3 Å². The fourth-order valence-electron chi connectivity index (χ4n) is 2.57. The largest absolute Gasteiger partial charge is 0.372 e. The zero-order valence-corrected chi connectivity index (χ0v) is 11.0. The number of nitrogens with zero attached hydrogens (tertiary/aromatic N) is 1. The van der Waals surface area contributed by atoms with Gasteiger partial charge < -0.3 is 10.5 Å². The fourth-order valence-corrected chi connectivity index (χ4v) is 3.82. The van der Waals surface area contributed by atoms with Gasteiger partial charge in [-0.2, -0.15) is 11.8 Å². The van der Waals surface area contributed by atoms with Crippen LogP contribution in [-0.4, -0.2) is 54.3 Å². The standard InChI is InChI=1S/C12H24N2OS/c1-2-12-9-14(5-6-16-12)8-11-4-3-10(7-13)15-11/h10-12H,2-9,13H2,1H3. The fraction of sp³-hybridized carbons (Fsp3) is 1.00. The maximum absolute atomic E-state index is 5.91. The molecule has 0 saturated carbocycles. The molecule has 2 fully saturated rings. The number of rotatable bonds is 4. The molecule has 0 bridgehead atoms. The number of thioether (sulfide) groups is 1. The van der Waals surface area contributed by atoms with Gasteiger partial charge in [0.25, 0.3) is 0 Å². The highest BCUT2D eigenvalue weighted by Crippen LogP contribution is 2.24. The Kier molecular flexibility index (Phi) is 4.95. The average Bonchev–Trinajstić information content (AvgIpc) is 2.77. The van der Waals surface area contributed by atoms with Gasteiger partial charge in [0.2, 0.25) is 0 Å². The third-order valence-corrected chi connectivity index (χ3v) is 4.97. The Bertz CT molecular complexity index is 215. The molecule has 2 N–H and O–H groups in total. The average molecular weight is 244 g/mol. The van der Waals surface area contributed by atoms with Crippen molar-refractivity contribution in [2.45, 2.75) is 43.6 Å². The third kappa shape index (κ3) is 3.36. The van der Waals surface area contributed by atoms with Crippen LogP contribution in [0.15, 0.2) is 0 Å². The molecular weight excluding hydrogens is 220 g/mol. The highest BCUT2D eigenvalue weighted by molar-refractivity contribution is 8.00. The molecule has 0 aromatic rings. The molecule has 2 aliphatic heterocycles. The summed E-state index contributed by atoms with van der Waals surface area (Å²) in [6.07, 6.45) is 4.40. The van der Waals surface area contributed by atoms with Crippen LogP contribution in [0.5, 0.6) is 0 Å². The second-order valence-corrected chi connectivity index (χ2v) is 6.26. The van der Waals surface area contributed by atoms with Gasteiger partial charge in [-0.15, -0.1) is 0 Å². The molecule has 3 nitrogen and oxygen atoms in total. The molecule has 2 rings (SSSR count). The highest BCUT2D eigenvalue weighted by Gasteiger charge is 2.27. The smallest absolute Gasteiger partial charge is 0.0707 e. The summed E-state index contributed by atoms with van der Waals surface area (Å²) in [5, 5.41) is 0.834. The Morgan fingerprint density at radius 1 is 1.38 bits per heavy atom. The van der Waals surface area contributed by atoms with Crippen LogP contribution in [0, 0.1) is 0 Å². The van der Waals surface area contributed by atoms with Crippen molar-refractivity contribution < 1.29 is 4.74 Å². The minimum absolute atomic E-state index is 0.325. The van der Waals surface area contributed by atoms with Crippen molar-refractivity contribution in [3.05, 3.63) is 0 Å². The van der Waals surface area contributed by atoms with E-state index >= 15 is 0 Å². The minimum Gasteiger partial charge on any atom is -0.372 e. The van der Waals surface area contributed by atoms with Crippen molar-refractivity contribution >= 4 is 11.8 Å². The topological polar surface area (TPSA) is 38.5 Å². The number of hydrogen-bond acceptors (Lipinski definition) is 4. The van der Waals surface area contributed by atoms with Gasteiger partial charge in [-0.1, -0.05) is 6.92 Å². The van der Waals surface area contributed by atoms with E-state index in [0.717, 1.165) is 18.2 Å². The van der Waals surface area contributed by atoms with Crippen molar-refractivity contribution in [2.24, 2.45) is 5.73 Å². The maximum Gasteiger partial charge on any atom is 0.0707 e. The van der Waals surface area contributed by atoms with Crippen LogP contribution in [-0.2, 0) is 4.74 Å². The summed E-state index contributed by atoms with van der Waals surface area (Å²) in [4.78, 5) is 2.58. The maximum atomic E-state index is 5.91. The number of hydrogen-bond donors (Lipinski definition) is 1. The first-order chi connectivity index (χ1) is 7.81. The lowest BCUT2D eigenvalue weighted by Crippen LogP contribution is -2.42. The quantitative estimate of drug-likeness (QED) is 0.809. The lowest BCUT2D eigenvalue weighted by atomic mass is 10.2. The van der Waals surface area contributed by atoms with Crippen molar-refractivity contribution in [3.8, 4) is 0 Å². The van der Waals surface area contributed by atoms with Crippen LogP contribution >= 0.6 is 11.8 Å². The molecule has 0 spiro atoms. The van der Waals surface area contributed by atoms with Gasteiger partial charge >= 0.3 is 0 Å². The van der Waals surface area contributed by atoms with E-state index < -0.39 is 0 Å². The minimum atomic E-state index is 0.325. The predicted molar refractivity (Wildman–Crippen MR) is 69.9 cm³/mol. The van der Waals surface area contributed by atoms with E-state index in [0.29, 0.717) is 18.8 Å². The van der Waals surface area contributed by atoms with Gasteiger partial charge in [0.15, 0.2) is 0 Å². The summed E-state index contributed by atoms with van der Waals surface area (Å²) in [6, 6.07) is 0. The molecular formula is C12H24N2OS. The Morgan fingerprint density at radius 2 is 2.19 bits per heavy atom. The van der Waals surface area contributed by atoms with Crippen LogP contribution in [0.2, 0.25) is 0 Å². The second kappa shape index (κ2) is 6.24. The van der Waals surface area contributed by atoms with E-state index in [1.54, 1.807) is 0 Å². The molecule has 3 atom stereocenters. The van der Waals surface area contributed by atoms with Gasteiger partial charge in [-0.3, -0.25) is 4.90 Å². The Labute approximate surface area is 103 Å². The summed E-state index contributed by atoms with van der Waals surface area (Å²) in [5.74, 6) is 1.28. The van der Waals surface area contributed by atoms with Crippen LogP contribution in [0.3, 0.4) is 0 Å². The van der Waals surface area contributed by atoms with E-state index in [-0.39, 0.29) is 0 Å². The zero-order valence-electron chi connectivity index (χ0n) is 10.2. The van der Waals surface area contributed by atoms with Gasteiger partial charge in [0.1, 0.15) is 0 Å². The molecule has 0 amide bonds. The Balaban J connectivity index is 1.73. The number of ether oxygens (including phenoxy) is 1. The summed E-state index contributed by atoms with van der Waals surface area (Å²) in [5.41, 5.74) is 5.63. The molecule has 0 aromatic heterocycles. The first kappa shape index (κ1) is 12.7. The molecule has 0 aromatic carbocycles. The first-order valence-electron chi connectivity index (χ1n) is 6.51. The molecule has 2 aliphatic rings. The molecule has 0 aliphatic carbocycles. The normalized spacial score (nSPS) is 36.8. The monoisotopic (exact) mass is 244 g/mol. The first-order valence-corrected chi connectivity index (χ1v) is 7.56. The van der Waals surface area contributed by atoms with E-state index in [1.165, 1.54) is 31.7 Å². The van der Waals surface area contributed by atoms with E-state index in [4.69, 9.17) is 10.5 Å².